The fourth-order valence-corrected chi connectivity index (χ4v) is 5.98. The van der Waals surface area contributed by atoms with Gasteiger partial charge in [-0.15, -0.1) is 11.3 Å². The summed E-state index contributed by atoms with van der Waals surface area (Å²) in [5.74, 6) is 0. The smallest absolute Gasteiger partial charge is 0.312 e. The molecule has 2 heterocycles. The predicted molar refractivity (Wildman–Crippen MR) is 122 cm³/mol. The van der Waals surface area contributed by atoms with Crippen LogP contribution in [0.2, 0.25) is 0 Å². The van der Waals surface area contributed by atoms with Crippen LogP contribution in [0, 0.1) is 20.8 Å². The third kappa shape index (κ3) is 3.82. The molecule has 2 aromatic carbocycles. The molecule has 1 aliphatic heterocycles. The topological polar surface area (TPSA) is 32.3 Å². The molecule has 3 nitrogen and oxygen atoms in total. The minimum absolute atomic E-state index is 0.0291. The van der Waals surface area contributed by atoms with E-state index in [9.17, 15) is 4.79 Å². The third-order valence-corrected chi connectivity index (χ3v) is 6.96. The summed E-state index contributed by atoms with van der Waals surface area (Å²) in [6.45, 7) is 9.29. The van der Waals surface area contributed by atoms with E-state index in [1.165, 1.54) is 26.4 Å². The molecule has 150 valence electrons. The number of rotatable bonds is 3. The Morgan fingerprint density at radius 1 is 1.10 bits per heavy atom. The zero-order valence-corrected chi connectivity index (χ0v) is 18.4. The number of nitrogens with zero attached hydrogens (tertiary/aromatic N) is 1. The second-order valence-electron chi connectivity index (χ2n) is 7.90. The maximum Gasteiger partial charge on any atom is 0.322 e. The number of nitrogens with one attached hydrogen (secondary N) is 1. The van der Waals surface area contributed by atoms with Gasteiger partial charge in [0, 0.05) is 22.0 Å². The van der Waals surface area contributed by atoms with Crippen molar-refractivity contribution in [3.8, 4) is 0 Å². The summed E-state index contributed by atoms with van der Waals surface area (Å²) in [5.41, 5.74) is 7.28. The molecule has 0 bridgehead atoms. The van der Waals surface area contributed by atoms with E-state index in [1.807, 2.05) is 34.4 Å². The van der Waals surface area contributed by atoms with E-state index in [0.717, 1.165) is 36.2 Å². The van der Waals surface area contributed by atoms with E-state index in [4.69, 9.17) is 0 Å². The van der Waals surface area contributed by atoms with E-state index in [0.29, 0.717) is 0 Å². The fourth-order valence-electron chi connectivity index (χ4n) is 4.54. The summed E-state index contributed by atoms with van der Waals surface area (Å²) < 4.78 is 0. The Balaban J connectivity index is 1.72. The molecule has 1 N–H and O–H groups in total. The van der Waals surface area contributed by atoms with Crippen molar-refractivity contribution in [1.82, 2.24) is 4.90 Å². The number of hydrogen-bond acceptors (Lipinski definition) is 2. The number of carbonyl (C=O) groups is 1. The van der Waals surface area contributed by atoms with Crippen LogP contribution in [0.1, 0.15) is 50.5 Å². The first-order valence-corrected chi connectivity index (χ1v) is 11.1. The first kappa shape index (κ1) is 19.7. The molecule has 0 saturated heterocycles. The van der Waals surface area contributed by atoms with E-state index in [2.05, 4.69) is 63.3 Å². The maximum absolute atomic E-state index is 13.4. The Kier molecular flexibility index (Phi) is 5.46. The van der Waals surface area contributed by atoms with Crippen molar-refractivity contribution in [3.05, 3.63) is 86.1 Å². The van der Waals surface area contributed by atoms with Gasteiger partial charge in [0.15, 0.2) is 0 Å². The van der Waals surface area contributed by atoms with Gasteiger partial charge in [-0.1, -0.05) is 43.3 Å². The number of fused-ring (bicyclic) bond motifs is 1. The van der Waals surface area contributed by atoms with Crippen molar-refractivity contribution < 1.29 is 4.79 Å². The number of anilines is 1. The normalized spacial score (nSPS) is 15.9. The fraction of sp³-hybridized carbons (Fsp3) is 0.320. The summed E-state index contributed by atoms with van der Waals surface area (Å²) in [5, 5.41) is 3.15. The number of aryl methyl sites for hydroxylation is 3. The summed E-state index contributed by atoms with van der Waals surface area (Å²) in [6, 6.07) is 16.5. The lowest BCUT2D eigenvalue weighted by molar-refractivity contribution is 0.195. The molecule has 1 atom stereocenters. The number of hydrogen-bond donors (Lipinski definition) is 1. The van der Waals surface area contributed by atoms with Crippen molar-refractivity contribution in [2.45, 2.75) is 46.6 Å². The lowest BCUT2D eigenvalue weighted by Gasteiger charge is -2.36. The molecule has 4 rings (SSSR count). The predicted octanol–water partition coefficient (Wildman–Crippen LogP) is 6.42. The summed E-state index contributed by atoms with van der Waals surface area (Å²) >= 11 is 1.86. The minimum atomic E-state index is -0.0325. The number of thiophene rings is 1. The molecule has 0 fully saturated rings. The SMILES string of the molecule is CCc1c(C)sc2c1CCN(C(=O)Nc1cc(C)cc(C)c1)C2c1ccccc1. The molecule has 2 amide bonds. The highest BCUT2D eigenvalue weighted by molar-refractivity contribution is 7.12. The molecule has 4 heteroatoms. The van der Waals surface area contributed by atoms with Crippen molar-refractivity contribution in [2.24, 2.45) is 0 Å². The van der Waals surface area contributed by atoms with Crippen LogP contribution in [0.3, 0.4) is 0 Å². The minimum Gasteiger partial charge on any atom is -0.312 e. The number of urea groups is 1. The Labute approximate surface area is 177 Å². The standard InChI is InChI=1S/C25H28N2OS/c1-5-21-18(4)29-24-22(21)11-12-27(23(24)19-9-7-6-8-10-19)25(28)26-20-14-16(2)13-17(3)15-20/h6-10,13-15,23H,5,11-12H2,1-4H3,(H,26,28). The molecule has 1 aliphatic rings. The van der Waals surface area contributed by atoms with Gasteiger partial charge in [0.1, 0.15) is 0 Å². The molecule has 0 radical (unpaired) electrons. The van der Waals surface area contributed by atoms with Crippen LogP contribution in [0.4, 0.5) is 10.5 Å². The molecule has 29 heavy (non-hydrogen) atoms. The second kappa shape index (κ2) is 8.03. The van der Waals surface area contributed by atoms with Gasteiger partial charge in [-0.2, -0.15) is 0 Å². The van der Waals surface area contributed by atoms with Crippen LogP contribution in [0.25, 0.3) is 0 Å². The van der Waals surface area contributed by atoms with Gasteiger partial charge in [0.2, 0.25) is 0 Å². The Hall–Kier alpha value is -2.59. The third-order valence-electron chi connectivity index (χ3n) is 5.72. The van der Waals surface area contributed by atoms with E-state index in [-0.39, 0.29) is 12.1 Å². The van der Waals surface area contributed by atoms with Gasteiger partial charge in [0.25, 0.3) is 0 Å². The van der Waals surface area contributed by atoms with Crippen LogP contribution in [-0.2, 0) is 12.8 Å². The largest absolute Gasteiger partial charge is 0.322 e. The lowest BCUT2D eigenvalue weighted by atomic mass is 9.92. The molecule has 1 aromatic heterocycles. The van der Waals surface area contributed by atoms with Crippen LogP contribution in [0.15, 0.2) is 48.5 Å². The monoisotopic (exact) mass is 404 g/mol. The van der Waals surface area contributed by atoms with Crippen molar-refractivity contribution >= 4 is 23.1 Å². The van der Waals surface area contributed by atoms with Crippen LogP contribution >= 0.6 is 11.3 Å². The molecule has 1 unspecified atom stereocenters. The van der Waals surface area contributed by atoms with Gasteiger partial charge in [-0.25, -0.2) is 4.79 Å². The zero-order chi connectivity index (χ0) is 20.5. The van der Waals surface area contributed by atoms with E-state index < -0.39 is 0 Å². The van der Waals surface area contributed by atoms with Gasteiger partial charge in [-0.3, -0.25) is 0 Å². The zero-order valence-electron chi connectivity index (χ0n) is 17.6. The Morgan fingerprint density at radius 3 is 2.45 bits per heavy atom. The van der Waals surface area contributed by atoms with Crippen molar-refractivity contribution in [1.29, 1.82) is 0 Å². The summed E-state index contributed by atoms with van der Waals surface area (Å²) in [7, 11) is 0. The van der Waals surface area contributed by atoms with E-state index in [1.54, 1.807) is 0 Å². The highest BCUT2D eigenvalue weighted by Crippen LogP contribution is 2.43. The average molecular weight is 405 g/mol. The molecule has 0 saturated carbocycles. The number of carbonyl (C=O) groups excluding carboxylic acids is 1. The number of benzene rings is 2. The van der Waals surface area contributed by atoms with Gasteiger partial charge < -0.3 is 10.2 Å². The Bertz CT molecular complexity index is 1020. The number of amides is 2. The maximum atomic E-state index is 13.4. The van der Waals surface area contributed by atoms with Gasteiger partial charge in [-0.05, 0) is 73.6 Å². The second-order valence-corrected chi connectivity index (χ2v) is 9.15. The quantitative estimate of drug-likeness (QED) is 0.537. The van der Waals surface area contributed by atoms with Crippen molar-refractivity contribution in [2.75, 3.05) is 11.9 Å². The molecule has 0 spiro atoms. The van der Waals surface area contributed by atoms with Gasteiger partial charge >= 0.3 is 6.03 Å². The van der Waals surface area contributed by atoms with E-state index >= 15 is 0 Å². The lowest BCUT2D eigenvalue weighted by Crippen LogP contribution is -2.42. The molecule has 3 aromatic rings. The first-order chi connectivity index (χ1) is 14.0. The average Bonchev–Trinajstić information content (AvgIpc) is 3.01. The highest BCUT2D eigenvalue weighted by Gasteiger charge is 2.35. The molecular weight excluding hydrogens is 376 g/mol. The Morgan fingerprint density at radius 2 is 1.79 bits per heavy atom. The highest BCUT2D eigenvalue weighted by atomic mass is 32.1. The van der Waals surface area contributed by atoms with Crippen LogP contribution in [0.5, 0.6) is 0 Å². The molecular formula is C25H28N2OS. The van der Waals surface area contributed by atoms with Crippen molar-refractivity contribution in [3.63, 3.8) is 0 Å². The summed E-state index contributed by atoms with van der Waals surface area (Å²) in [4.78, 5) is 18.1. The molecule has 0 aliphatic carbocycles. The van der Waals surface area contributed by atoms with Crippen LogP contribution in [-0.4, -0.2) is 17.5 Å². The van der Waals surface area contributed by atoms with Crippen LogP contribution < -0.4 is 5.32 Å². The first-order valence-electron chi connectivity index (χ1n) is 10.3. The van der Waals surface area contributed by atoms with Gasteiger partial charge in [0.05, 0.1) is 6.04 Å². The summed E-state index contributed by atoms with van der Waals surface area (Å²) in [6.07, 6.45) is 1.97.